The van der Waals surface area contributed by atoms with Crippen molar-refractivity contribution in [3.05, 3.63) is 17.9 Å². The number of nitrogens with zero attached hydrogens (tertiary/aromatic N) is 1. The third-order valence-corrected chi connectivity index (χ3v) is 5.50. The minimum Gasteiger partial charge on any atom is -0.447 e. The minimum atomic E-state index is -3.53. The second-order valence-corrected chi connectivity index (χ2v) is 7.15. The Bertz CT molecular complexity index is 557. The maximum Gasteiger partial charge on any atom is 0.276 e. The van der Waals surface area contributed by atoms with Crippen molar-refractivity contribution < 1.29 is 17.6 Å². The number of nitrogens with one attached hydrogen (secondary N) is 1. The van der Waals surface area contributed by atoms with Gasteiger partial charge in [-0.05, 0) is 31.5 Å². The van der Waals surface area contributed by atoms with E-state index in [1.54, 1.807) is 12.1 Å². The Morgan fingerprint density at radius 1 is 1.30 bits per heavy atom. The first-order valence-corrected chi connectivity index (χ1v) is 8.48. The van der Waals surface area contributed by atoms with E-state index in [4.69, 9.17) is 9.15 Å². The number of hydrogen-bond donors (Lipinski definition) is 1. The SMILES string of the molecule is CCNCc1ccc(S(=O)(=O)N2CC3CCC(C2)O3)o1. The molecule has 7 heteroatoms. The van der Waals surface area contributed by atoms with Gasteiger partial charge in [-0.2, -0.15) is 4.31 Å². The summed E-state index contributed by atoms with van der Waals surface area (Å²) < 4.78 is 37.7. The van der Waals surface area contributed by atoms with Crippen LogP contribution in [-0.4, -0.2) is 44.6 Å². The molecule has 6 nitrogen and oxygen atoms in total. The molecule has 1 aromatic rings. The molecule has 2 aliphatic heterocycles. The van der Waals surface area contributed by atoms with Gasteiger partial charge in [-0.1, -0.05) is 6.92 Å². The standard InChI is InChI=1S/C13H20N2O4S/c1-2-14-7-10-5-6-13(19-10)20(16,17)15-8-11-3-4-12(9-15)18-11/h5-6,11-12,14H,2-4,7-9H2,1H3. The van der Waals surface area contributed by atoms with Crippen LogP contribution in [0.2, 0.25) is 0 Å². The van der Waals surface area contributed by atoms with E-state index in [0.29, 0.717) is 25.4 Å². The first kappa shape index (κ1) is 14.1. The first-order chi connectivity index (χ1) is 9.59. The highest BCUT2D eigenvalue weighted by Crippen LogP contribution is 2.30. The van der Waals surface area contributed by atoms with Crippen molar-refractivity contribution in [2.45, 2.75) is 43.6 Å². The number of rotatable bonds is 5. The van der Waals surface area contributed by atoms with Gasteiger partial charge in [-0.25, -0.2) is 8.42 Å². The van der Waals surface area contributed by atoms with Gasteiger partial charge in [-0.3, -0.25) is 0 Å². The maximum absolute atomic E-state index is 12.5. The number of hydrogen-bond acceptors (Lipinski definition) is 5. The van der Waals surface area contributed by atoms with Crippen LogP contribution in [0.4, 0.5) is 0 Å². The lowest BCUT2D eigenvalue weighted by Crippen LogP contribution is -2.45. The van der Waals surface area contributed by atoms with Crippen molar-refractivity contribution in [1.82, 2.24) is 9.62 Å². The monoisotopic (exact) mass is 300 g/mol. The van der Waals surface area contributed by atoms with E-state index in [1.807, 2.05) is 6.92 Å². The molecule has 2 aliphatic rings. The fraction of sp³-hybridized carbons (Fsp3) is 0.692. The van der Waals surface area contributed by atoms with E-state index in [1.165, 1.54) is 4.31 Å². The molecule has 112 valence electrons. The van der Waals surface area contributed by atoms with Crippen LogP contribution in [0.5, 0.6) is 0 Å². The highest BCUT2D eigenvalue weighted by molar-refractivity contribution is 7.89. The summed E-state index contributed by atoms with van der Waals surface area (Å²) in [5.74, 6) is 0.640. The summed E-state index contributed by atoms with van der Waals surface area (Å²) in [4.78, 5) is 0. The Kier molecular flexibility index (Phi) is 3.85. The zero-order valence-electron chi connectivity index (χ0n) is 11.5. The lowest BCUT2D eigenvalue weighted by atomic mass is 10.2. The van der Waals surface area contributed by atoms with Crippen molar-refractivity contribution in [3.63, 3.8) is 0 Å². The fourth-order valence-corrected chi connectivity index (χ4v) is 4.17. The fourth-order valence-electron chi connectivity index (χ4n) is 2.74. The Hall–Kier alpha value is -0.890. The quantitative estimate of drug-likeness (QED) is 0.876. The van der Waals surface area contributed by atoms with Crippen molar-refractivity contribution in [2.75, 3.05) is 19.6 Å². The largest absolute Gasteiger partial charge is 0.447 e. The van der Waals surface area contributed by atoms with Crippen molar-refractivity contribution in [3.8, 4) is 0 Å². The van der Waals surface area contributed by atoms with Gasteiger partial charge in [0.1, 0.15) is 5.76 Å². The molecule has 2 unspecified atom stereocenters. The zero-order chi connectivity index (χ0) is 14.2. The molecule has 2 saturated heterocycles. The van der Waals surface area contributed by atoms with Crippen molar-refractivity contribution >= 4 is 10.0 Å². The number of sulfonamides is 1. The van der Waals surface area contributed by atoms with Crippen LogP contribution >= 0.6 is 0 Å². The third kappa shape index (κ3) is 2.63. The van der Waals surface area contributed by atoms with Gasteiger partial charge in [0.05, 0.1) is 18.8 Å². The van der Waals surface area contributed by atoms with Crippen LogP contribution in [0.3, 0.4) is 0 Å². The second-order valence-electron chi connectivity index (χ2n) is 5.28. The maximum atomic E-state index is 12.5. The summed E-state index contributed by atoms with van der Waals surface area (Å²) in [7, 11) is -3.53. The van der Waals surface area contributed by atoms with E-state index < -0.39 is 10.0 Å². The average molecular weight is 300 g/mol. The van der Waals surface area contributed by atoms with Gasteiger partial charge in [0.15, 0.2) is 0 Å². The van der Waals surface area contributed by atoms with E-state index >= 15 is 0 Å². The zero-order valence-corrected chi connectivity index (χ0v) is 12.4. The molecule has 3 heterocycles. The van der Waals surface area contributed by atoms with E-state index in [0.717, 1.165) is 19.4 Å². The lowest BCUT2D eigenvalue weighted by Gasteiger charge is -2.30. The number of fused-ring (bicyclic) bond motifs is 2. The molecule has 1 aromatic heterocycles. The molecular formula is C13H20N2O4S. The van der Waals surface area contributed by atoms with E-state index in [9.17, 15) is 8.42 Å². The van der Waals surface area contributed by atoms with Crippen LogP contribution in [0.25, 0.3) is 0 Å². The van der Waals surface area contributed by atoms with Gasteiger partial charge in [0, 0.05) is 13.1 Å². The van der Waals surface area contributed by atoms with Gasteiger partial charge < -0.3 is 14.5 Å². The van der Waals surface area contributed by atoms with Crippen molar-refractivity contribution in [1.29, 1.82) is 0 Å². The molecule has 0 radical (unpaired) electrons. The van der Waals surface area contributed by atoms with Gasteiger partial charge in [-0.15, -0.1) is 0 Å². The number of morpholine rings is 1. The van der Waals surface area contributed by atoms with E-state index in [-0.39, 0.29) is 17.3 Å². The predicted octanol–water partition coefficient (Wildman–Crippen LogP) is 0.941. The molecule has 0 amide bonds. The predicted molar refractivity (Wildman–Crippen MR) is 72.7 cm³/mol. The van der Waals surface area contributed by atoms with Crippen LogP contribution in [0.1, 0.15) is 25.5 Å². The summed E-state index contributed by atoms with van der Waals surface area (Å²) in [5.41, 5.74) is 0. The Morgan fingerprint density at radius 3 is 2.65 bits per heavy atom. The molecule has 0 saturated carbocycles. The Labute approximate surface area is 119 Å². The molecular weight excluding hydrogens is 280 g/mol. The first-order valence-electron chi connectivity index (χ1n) is 7.04. The van der Waals surface area contributed by atoms with E-state index in [2.05, 4.69) is 5.32 Å². The van der Waals surface area contributed by atoms with Crippen LogP contribution in [0, 0.1) is 0 Å². The third-order valence-electron chi connectivity index (χ3n) is 3.79. The molecule has 3 rings (SSSR count). The normalized spacial score (nSPS) is 27.1. The molecule has 0 aromatic carbocycles. The van der Waals surface area contributed by atoms with Gasteiger partial charge in [0.2, 0.25) is 5.09 Å². The van der Waals surface area contributed by atoms with Crippen molar-refractivity contribution in [2.24, 2.45) is 0 Å². The van der Waals surface area contributed by atoms with Crippen LogP contribution < -0.4 is 5.32 Å². The lowest BCUT2D eigenvalue weighted by molar-refractivity contribution is -0.0118. The summed E-state index contributed by atoms with van der Waals surface area (Å²) in [6, 6.07) is 3.25. The minimum absolute atomic E-state index is 0.0340. The van der Waals surface area contributed by atoms with Gasteiger partial charge in [0.25, 0.3) is 10.0 Å². The average Bonchev–Trinajstić information content (AvgIpc) is 3.03. The Morgan fingerprint density at radius 2 is 2.00 bits per heavy atom. The smallest absolute Gasteiger partial charge is 0.276 e. The molecule has 2 bridgehead atoms. The molecule has 2 fully saturated rings. The van der Waals surface area contributed by atoms with Crippen LogP contribution in [-0.2, 0) is 21.3 Å². The molecule has 1 N–H and O–H groups in total. The summed E-state index contributed by atoms with van der Waals surface area (Å²) in [6.07, 6.45) is 1.97. The topological polar surface area (TPSA) is 71.8 Å². The summed E-state index contributed by atoms with van der Waals surface area (Å²) in [6.45, 7) is 4.21. The molecule has 2 atom stereocenters. The highest BCUT2D eigenvalue weighted by Gasteiger charge is 2.40. The number of ether oxygens (including phenoxy) is 1. The number of furan rings is 1. The second kappa shape index (κ2) is 5.48. The van der Waals surface area contributed by atoms with Gasteiger partial charge >= 0.3 is 0 Å². The Balaban J connectivity index is 1.76. The highest BCUT2D eigenvalue weighted by atomic mass is 32.2. The summed E-state index contributed by atoms with van der Waals surface area (Å²) >= 11 is 0. The molecule has 0 spiro atoms. The molecule has 20 heavy (non-hydrogen) atoms. The summed E-state index contributed by atoms with van der Waals surface area (Å²) in [5, 5.41) is 3.14. The molecule has 0 aliphatic carbocycles. The van der Waals surface area contributed by atoms with Crippen LogP contribution in [0.15, 0.2) is 21.6 Å².